The van der Waals surface area contributed by atoms with Gasteiger partial charge in [-0.05, 0) is 109 Å². The van der Waals surface area contributed by atoms with Crippen molar-refractivity contribution in [1.29, 1.82) is 0 Å². The van der Waals surface area contributed by atoms with E-state index in [0.717, 1.165) is 55.2 Å². The summed E-state index contributed by atoms with van der Waals surface area (Å²) >= 11 is 0. The highest BCUT2D eigenvalue weighted by Crippen LogP contribution is 2.41. The van der Waals surface area contributed by atoms with Gasteiger partial charge in [-0.25, -0.2) is 15.0 Å². The van der Waals surface area contributed by atoms with Crippen LogP contribution in [0, 0.1) is 0 Å². The summed E-state index contributed by atoms with van der Waals surface area (Å²) in [5, 5.41) is 33.8. The molecule has 234 valence electrons. The number of hydrogen-bond acceptors (Lipinski definition) is 6. The number of benzene rings is 3. The third kappa shape index (κ3) is 6.43. The van der Waals surface area contributed by atoms with Gasteiger partial charge in [0.2, 0.25) is 0 Å². The quantitative estimate of drug-likeness (QED) is 0.203. The Kier molecular flexibility index (Phi) is 8.73. The Morgan fingerprint density at radius 3 is 0.889 bits per heavy atom. The van der Waals surface area contributed by atoms with Crippen molar-refractivity contribution >= 4 is 0 Å². The lowest BCUT2D eigenvalue weighted by Crippen LogP contribution is -2.06. The summed E-state index contributed by atoms with van der Waals surface area (Å²) in [5.74, 6) is 2.73. The van der Waals surface area contributed by atoms with Crippen LogP contribution in [0.25, 0.3) is 34.2 Å². The SMILES string of the molecule is Oc1cc(C2CCCCC2)ccc1-c1nc(-c2ccc(C3CCCCC3)cc2O)nc(-c2ccc(C3CCCCC3)cc2O)n1. The summed E-state index contributed by atoms with van der Waals surface area (Å²) in [6, 6.07) is 17.5. The van der Waals surface area contributed by atoms with Crippen molar-refractivity contribution in [2.24, 2.45) is 0 Å². The molecule has 45 heavy (non-hydrogen) atoms. The molecule has 0 spiro atoms. The number of aromatic hydroxyl groups is 3. The van der Waals surface area contributed by atoms with Crippen LogP contribution < -0.4 is 0 Å². The molecule has 0 unspecified atom stereocenters. The molecule has 3 N–H and O–H groups in total. The second-order valence-electron chi connectivity index (χ2n) is 13.6. The van der Waals surface area contributed by atoms with E-state index < -0.39 is 0 Å². The maximum atomic E-state index is 11.3. The Labute approximate surface area is 266 Å². The van der Waals surface area contributed by atoms with Gasteiger partial charge in [0.25, 0.3) is 0 Å². The van der Waals surface area contributed by atoms with Crippen molar-refractivity contribution in [3.8, 4) is 51.4 Å². The van der Waals surface area contributed by atoms with E-state index in [1.807, 2.05) is 36.4 Å². The van der Waals surface area contributed by atoms with Gasteiger partial charge in [-0.3, -0.25) is 0 Å². The Morgan fingerprint density at radius 1 is 0.378 bits per heavy atom. The number of rotatable bonds is 6. The molecule has 0 aliphatic heterocycles. The van der Waals surface area contributed by atoms with Crippen LogP contribution in [0.15, 0.2) is 54.6 Å². The minimum Gasteiger partial charge on any atom is -0.507 e. The van der Waals surface area contributed by atoms with Gasteiger partial charge >= 0.3 is 0 Å². The predicted molar refractivity (Wildman–Crippen MR) is 179 cm³/mol. The Bertz CT molecular complexity index is 1440. The normalized spacial score (nSPS) is 18.7. The van der Waals surface area contributed by atoms with E-state index >= 15 is 0 Å². The smallest absolute Gasteiger partial charge is 0.167 e. The maximum Gasteiger partial charge on any atom is 0.167 e. The topological polar surface area (TPSA) is 99.4 Å². The van der Waals surface area contributed by atoms with E-state index in [4.69, 9.17) is 15.0 Å². The monoisotopic (exact) mass is 603 g/mol. The second-order valence-corrected chi connectivity index (χ2v) is 13.6. The number of hydrogen-bond donors (Lipinski definition) is 3. The molecule has 1 heterocycles. The third-order valence-corrected chi connectivity index (χ3v) is 10.7. The minimum atomic E-state index is 0.134. The predicted octanol–water partition coefficient (Wildman–Crippen LogP) is 10.1. The molecule has 0 amide bonds. The Morgan fingerprint density at radius 2 is 0.644 bits per heavy atom. The summed E-state index contributed by atoms with van der Waals surface area (Å²) in [6.07, 6.45) is 18.0. The van der Waals surface area contributed by atoms with Gasteiger partial charge in [0.1, 0.15) is 17.2 Å². The zero-order valence-corrected chi connectivity index (χ0v) is 26.2. The van der Waals surface area contributed by atoms with Crippen LogP contribution in [0.3, 0.4) is 0 Å². The maximum absolute atomic E-state index is 11.3. The van der Waals surface area contributed by atoms with Crippen LogP contribution >= 0.6 is 0 Å². The van der Waals surface area contributed by atoms with Crippen LogP contribution in [-0.2, 0) is 0 Å². The number of phenols is 3. The molecule has 3 aliphatic rings. The van der Waals surface area contributed by atoms with Crippen LogP contribution in [0.4, 0.5) is 0 Å². The molecule has 6 nitrogen and oxygen atoms in total. The van der Waals surface area contributed by atoms with E-state index in [9.17, 15) is 15.3 Å². The third-order valence-electron chi connectivity index (χ3n) is 10.7. The van der Waals surface area contributed by atoms with Crippen molar-refractivity contribution in [3.63, 3.8) is 0 Å². The van der Waals surface area contributed by atoms with E-state index in [0.29, 0.717) is 51.9 Å². The first-order chi connectivity index (χ1) is 22.0. The first kappa shape index (κ1) is 29.8. The average Bonchev–Trinajstić information content (AvgIpc) is 3.09. The first-order valence-electron chi connectivity index (χ1n) is 17.3. The molecular weight excluding hydrogens is 558 g/mol. The first-order valence-corrected chi connectivity index (χ1v) is 17.3. The lowest BCUT2D eigenvalue weighted by atomic mass is 9.83. The van der Waals surface area contributed by atoms with E-state index in [1.165, 1.54) is 57.8 Å². The van der Waals surface area contributed by atoms with Gasteiger partial charge in [-0.15, -0.1) is 0 Å². The Balaban J connectivity index is 1.29. The molecule has 3 fully saturated rings. The fraction of sp³-hybridized carbons (Fsp3) is 0.462. The molecule has 4 aromatic rings. The van der Waals surface area contributed by atoms with E-state index in [1.54, 1.807) is 0 Å². The summed E-state index contributed by atoms with van der Waals surface area (Å²) in [5.41, 5.74) is 4.98. The van der Waals surface area contributed by atoms with Crippen molar-refractivity contribution in [2.45, 2.75) is 114 Å². The lowest BCUT2D eigenvalue weighted by molar-refractivity contribution is 0.438. The van der Waals surface area contributed by atoms with Crippen molar-refractivity contribution in [3.05, 3.63) is 71.3 Å². The van der Waals surface area contributed by atoms with Crippen LogP contribution in [0.2, 0.25) is 0 Å². The highest BCUT2D eigenvalue weighted by molar-refractivity contribution is 5.74. The number of nitrogens with zero attached hydrogens (tertiary/aromatic N) is 3. The van der Waals surface area contributed by atoms with Crippen molar-refractivity contribution < 1.29 is 15.3 Å². The van der Waals surface area contributed by atoms with Crippen molar-refractivity contribution in [1.82, 2.24) is 15.0 Å². The summed E-state index contributed by atoms with van der Waals surface area (Å²) in [4.78, 5) is 14.4. The lowest BCUT2D eigenvalue weighted by Gasteiger charge is -2.23. The van der Waals surface area contributed by atoms with E-state index in [-0.39, 0.29) is 17.2 Å². The summed E-state index contributed by atoms with van der Waals surface area (Å²) < 4.78 is 0. The Hall–Kier alpha value is -3.93. The molecule has 6 heteroatoms. The fourth-order valence-corrected chi connectivity index (χ4v) is 8.02. The minimum absolute atomic E-state index is 0.134. The van der Waals surface area contributed by atoms with Gasteiger partial charge in [0, 0.05) is 0 Å². The number of phenolic OH excluding ortho intramolecular Hbond substituents is 3. The summed E-state index contributed by atoms with van der Waals surface area (Å²) in [6.45, 7) is 0. The highest BCUT2D eigenvalue weighted by atomic mass is 16.3. The molecule has 1 aromatic heterocycles. The van der Waals surface area contributed by atoms with E-state index in [2.05, 4.69) is 18.2 Å². The molecule has 3 saturated carbocycles. The number of aromatic nitrogens is 3. The van der Waals surface area contributed by atoms with Gasteiger partial charge in [0.05, 0.1) is 16.7 Å². The second kappa shape index (κ2) is 13.2. The average molecular weight is 604 g/mol. The molecule has 0 bridgehead atoms. The molecule has 3 aliphatic carbocycles. The summed E-state index contributed by atoms with van der Waals surface area (Å²) in [7, 11) is 0. The van der Waals surface area contributed by atoms with Crippen LogP contribution in [0.5, 0.6) is 17.2 Å². The zero-order chi connectivity index (χ0) is 30.8. The molecule has 7 rings (SSSR count). The standard InChI is InChI=1S/C39H45N3O3/c43-34-22-28(25-10-4-1-5-11-25)16-19-31(34)37-40-38(32-20-17-29(23-35(32)44)26-12-6-2-7-13-26)42-39(41-37)33-21-18-30(24-36(33)45)27-14-8-3-9-15-27/h16-27,43-45H,1-15H2. The van der Waals surface area contributed by atoms with Crippen molar-refractivity contribution in [2.75, 3.05) is 0 Å². The van der Waals surface area contributed by atoms with Crippen LogP contribution in [-0.4, -0.2) is 30.3 Å². The fourth-order valence-electron chi connectivity index (χ4n) is 8.02. The zero-order valence-electron chi connectivity index (χ0n) is 26.2. The molecule has 0 atom stereocenters. The molecular formula is C39H45N3O3. The molecule has 0 saturated heterocycles. The molecule has 0 radical (unpaired) electrons. The highest BCUT2D eigenvalue weighted by Gasteiger charge is 2.23. The van der Waals surface area contributed by atoms with Gasteiger partial charge in [-0.2, -0.15) is 0 Å². The largest absolute Gasteiger partial charge is 0.507 e. The van der Waals surface area contributed by atoms with Gasteiger partial charge in [0.15, 0.2) is 17.5 Å². The van der Waals surface area contributed by atoms with Gasteiger partial charge < -0.3 is 15.3 Å². The molecule has 3 aromatic carbocycles. The van der Waals surface area contributed by atoms with Crippen LogP contribution in [0.1, 0.15) is 131 Å². The van der Waals surface area contributed by atoms with Gasteiger partial charge in [-0.1, -0.05) is 76.0 Å².